The van der Waals surface area contributed by atoms with Crippen molar-refractivity contribution in [2.24, 2.45) is 5.84 Å². The van der Waals surface area contributed by atoms with E-state index in [1.165, 1.54) is 44.9 Å². The molecular weight excluding hydrogens is 531 g/mol. The number of aromatic nitrogens is 3. The summed E-state index contributed by atoms with van der Waals surface area (Å²) >= 11 is 2.13. The summed E-state index contributed by atoms with van der Waals surface area (Å²) in [6, 6.07) is 6.14. The molecule has 0 radical (unpaired) electrons. The van der Waals surface area contributed by atoms with Crippen molar-refractivity contribution in [2.75, 3.05) is 30.0 Å². The van der Waals surface area contributed by atoms with Gasteiger partial charge in [0.15, 0.2) is 0 Å². The molecule has 1 atom stereocenters. The molecule has 1 saturated heterocycles. The van der Waals surface area contributed by atoms with Crippen LogP contribution in [0.4, 0.5) is 17.6 Å². The summed E-state index contributed by atoms with van der Waals surface area (Å²) in [5.41, 5.74) is 0.814. The molecule has 9 nitrogen and oxygen atoms in total. The number of hydrazine groups is 2. The number of phenolic OH excluding ortho intramolecular Hbond substituents is 1. The standard InChI is InChI=1S/C23H35IN8O/c1-2-30-13-7-10-19(30)15-26-22-27-16-28-23(29-22)31(18-11-12-21(33)20(24)14-18)32(25)17-8-5-3-4-6-9-17/h11-12,14,16-17,19,33H,2-10,13,15,25H2,1H3,(H,26,27,28,29). The highest BCUT2D eigenvalue weighted by Crippen LogP contribution is 2.32. The minimum Gasteiger partial charge on any atom is -0.507 e. The molecular formula is C23H35IN8O. The molecule has 1 aliphatic heterocycles. The third kappa shape index (κ3) is 6.03. The molecule has 1 aromatic heterocycles. The van der Waals surface area contributed by atoms with Gasteiger partial charge in [-0.05, 0) is 79.6 Å². The highest BCUT2D eigenvalue weighted by molar-refractivity contribution is 14.1. The monoisotopic (exact) mass is 566 g/mol. The topological polar surface area (TPSA) is 107 Å². The minimum absolute atomic E-state index is 0.198. The first-order valence-electron chi connectivity index (χ1n) is 12.1. The number of benzene rings is 1. The van der Waals surface area contributed by atoms with Crippen molar-refractivity contribution < 1.29 is 5.11 Å². The van der Waals surface area contributed by atoms with Crippen molar-refractivity contribution >= 4 is 40.2 Å². The van der Waals surface area contributed by atoms with Gasteiger partial charge >= 0.3 is 0 Å². The van der Waals surface area contributed by atoms with Gasteiger partial charge in [-0.25, -0.2) is 15.8 Å². The van der Waals surface area contributed by atoms with Crippen molar-refractivity contribution in [2.45, 2.75) is 70.4 Å². The summed E-state index contributed by atoms with van der Waals surface area (Å²) < 4.78 is 0.748. The Morgan fingerprint density at radius 3 is 2.67 bits per heavy atom. The lowest BCUT2D eigenvalue weighted by molar-refractivity contribution is 0.181. The van der Waals surface area contributed by atoms with Crippen molar-refractivity contribution in [3.05, 3.63) is 28.1 Å². The Kier molecular flexibility index (Phi) is 8.55. The van der Waals surface area contributed by atoms with Gasteiger partial charge in [0.25, 0.3) is 5.95 Å². The Bertz CT molecular complexity index is 908. The summed E-state index contributed by atoms with van der Waals surface area (Å²) in [4.78, 5) is 16.1. The zero-order valence-corrected chi connectivity index (χ0v) is 21.5. The van der Waals surface area contributed by atoms with Gasteiger partial charge in [-0.3, -0.25) is 4.90 Å². The maximum Gasteiger partial charge on any atom is 0.250 e. The zero-order chi connectivity index (χ0) is 23.2. The Balaban J connectivity index is 1.59. The van der Waals surface area contributed by atoms with Crippen LogP contribution in [0.25, 0.3) is 0 Å². The van der Waals surface area contributed by atoms with E-state index in [0.29, 0.717) is 17.9 Å². The van der Waals surface area contributed by atoms with E-state index in [4.69, 9.17) is 10.8 Å². The molecule has 1 saturated carbocycles. The number of nitrogens with two attached hydrogens (primary N) is 1. The molecule has 0 amide bonds. The fourth-order valence-electron chi connectivity index (χ4n) is 4.89. The molecule has 180 valence electrons. The van der Waals surface area contributed by atoms with Gasteiger partial charge in [0.1, 0.15) is 12.1 Å². The van der Waals surface area contributed by atoms with Gasteiger partial charge in [0, 0.05) is 18.6 Å². The Morgan fingerprint density at radius 1 is 1.15 bits per heavy atom. The molecule has 4 N–H and O–H groups in total. The van der Waals surface area contributed by atoms with Crippen molar-refractivity contribution in [3.63, 3.8) is 0 Å². The predicted molar refractivity (Wildman–Crippen MR) is 139 cm³/mol. The van der Waals surface area contributed by atoms with Crippen LogP contribution >= 0.6 is 22.6 Å². The van der Waals surface area contributed by atoms with Gasteiger partial charge in [0.2, 0.25) is 5.95 Å². The van der Waals surface area contributed by atoms with E-state index < -0.39 is 0 Å². The smallest absolute Gasteiger partial charge is 0.250 e. The van der Waals surface area contributed by atoms with Crippen molar-refractivity contribution in [1.82, 2.24) is 25.0 Å². The van der Waals surface area contributed by atoms with Crippen LogP contribution in [0.5, 0.6) is 5.75 Å². The summed E-state index contributed by atoms with van der Waals surface area (Å²) in [6.07, 6.45) is 10.9. The second-order valence-electron chi connectivity index (χ2n) is 8.89. The fourth-order valence-corrected chi connectivity index (χ4v) is 5.39. The molecule has 1 unspecified atom stereocenters. The van der Waals surface area contributed by atoms with Gasteiger partial charge < -0.3 is 10.4 Å². The van der Waals surface area contributed by atoms with Crippen LogP contribution in [-0.2, 0) is 0 Å². The average molecular weight is 566 g/mol. The molecule has 4 rings (SSSR count). The van der Waals surface area contributed by atoms with E-state index in [1.54, 1.807) is 11.2 Å². The number of halogens is 1. The number of nitrogens with one attached hydrogen (secondary N) is 1. The normalized spacial score (nSPS) is 20.2. The third-order valence-electron chi connectivity index (χ3n) is 6.76. The largest absolute Gasteiger partial charge is 0.507 e. The molecule has 33 heavy (non-hydrogen) atoms. The lowest BCUT2D eigenvalue weighted by Crippen LogP contribution is -2.52. The fraction of sp³-hybridized carbons (Fsp3) is 0.609. The van der Waals surface area contributed by atoms with Gasteiger partial charge in [0.05, 0.1) is 9.26 Å². The molecule has 1 aromatic carbocycles. The number of hydrogen-bond donors (Lipinski definition) is 3. The van der Waals surface area contributed by atoms with Crippen LogP contribution in [0.3, 0.4) is 0 Å². The number of anilines is 3. The molecule has 10 heteroatoms. The van der Waals surface area contributed by atoms with E-state index >= 15 is 0 Å². The van der Waals surface area contributed by atoms with Crippen LogP contribution in [0.1, 0.15) is 58.3 Å². The zero-order valence-electron chi connectivity index (χ0n) is 19.3. The maximum absolute atomic E-state index is 10.1. The molecule has 1 aliphatic carbocycles. The molecule has 0 spiro atoms. The first-order valence-corrected chi connectivity index (χ1v) is 13.1. The SMILES string of the molecule is CCN1CCCC1CNc1ncnc(N(c2ccc(O)c(I)c2)N(N)C2CCCCCC2)n1. The number of likely N-dealkylation sites (tertiary alicyclic amines) is 1. The number of nitrogens with zero attached hydrogens (tertiary/aromatic N) is 6. The summed E-state index contributed by atoms with van der Waals surface area (Å²) in [7, 11) is 0. The first-order chi connectivity index (χ1) is 16.1. The molecule has 2 fully saturated rings. The quantitative estimate of drug-likeness (QED) is 0.189. The Hall–Kier alpha value is -1.76. The first kappa shape index (κ1) is 24.4. The number of likely N-dealkylation sites (N-methyl/N-ethyl adjacent to an activating group) is 1. The van der Waals surface area contributed by atoms with Crippen LogP contribution in [0.15, 0.2) is 24.5 Å². The van der Waals surface area contributed by atoms with Gasteiger partial charge in [-0.1, -0.05) is 32.6 Å². The number of phenols is 1. The molecule has 2 heterocycles. The van der Waals surface area contributed by atoms with E-state index in [0.717, 1.165) is 41.7 Å². The molecule has 2 aromatic rings. The number of hydrogen-bond acceptors (Lipinski definition) is 9. The number of aromatic hydroxyl groups is 1. The van der Waals surface area contributed by atoms with E-state index in [1.807, 2.05) is 17.1 Å². The lowest BCUT2D eigenvalue weighted by Gasteiger charge is -2.36. The Labute approximate surface area is 209 Å². The Morgan fingerprint density at radius 2 is 1.94 bits per heavy atom. The predicted octanol–water partition coefficient (Wildman–Crippen LogP) is 4.03. The highest BCUT2D eigenvalue weighted by atomic mass is 127. The van der Waals surface area contributed by atoms with Gasteiger partial charge in [-0.2, -0.15) is 9.97 Å². The van der Waals surface area contributed by atoms with Crippen molar-refractivity contribution in [3.8, 4) is 5.75 Å². The molecule has 2 aliphatic rings. The summed E-state index contributed by atoms with van der Waals surface area (Å²) in [5, 5.41) is 17.1. The van der Waals surface area contributed by atoms with Crippen LogP contribution < -0.4 is 16.2 Å². The maximum atomic E-state index is 10.1. The lowest BCUT2D eigenvalue weighted by atomic mass is 10.1. The van der Waals surface area contributed by atoms with Crippen molar-refractivity contribution in [1.29, 1.82) is 0 Å². The minimum atomic E-state index is 0.198. The van der Waals surface area contributed by atoms with E-state index in [9.17, 15) is 5.11 Å². The van der Waals surface area contributed by atoms with Crippen LogP contribution in [-0.4, -0.2) is 61.8 Å². The van der Waals surface area contributed by atoms with Crippen LogP contribution in [0.2, 0.25) is 0 Å². The number of rotatable bonds is 8. The summed E-state index contributed by atoms with van der Waals surface area (Å²) in [6.45, 7) is 5.23. The second kappa shape index (κ2) is 11.6. The summed E-state index contributed by atoms with van der Waals surface area (Å²) in [5.74, 6) is 8.01. The van der Waals surface area contributed by atoms with E-state index in [2.05, 4.69) is 49.7 Å². The average Bonchev–Trinajstić information content (AvgIpc) is 3.11. The molecule has 0 bridgehead atoms. The second-order valence-corrected chi connectivity index (χ2v) is 10.0. The van der Waals surface area contributed by atoms with E-state index in [-0.39, 0.29) is 11.8 Å². The highest BCUT2D eigenvalue weighted by Gasteiger charge is 2.28. The van der Waals surface area contributed by atoms with Crippen LogP contribution in [0, 0.1) is 3.57 Å². The van der Waals surface area contributed by atoms with Gasteiger partial charge in [-0.15, -0.1) is 5.12 Å². The third-order valence-corrected chi connectivity index (χ3v) is 7.62.